The molecule has 0 saturated carbocycles. The van der Waals surface area contributed by atoms with Gasteiger partial charge in [0, 0.05) is 25.7 Å². The lowest BCUT2D eigenvalue weighted by Crippen LogP contribution is -2.46. The van der Waals surface area contributed by atoms with Crippen molar-refractivity contribution in [3.8, 4) is 0 Å². The van der Waals surface area contributed by atoms with E-state index >= 15 is 0 Å². The first-order valence-corrected chi connectivity index (χ1v) is 6.43. The van der Waals surface area contributed by atoms with Crippen molar-refractivity contribution < 1.29 is 14.7 Å². The van der Waals surface area contributed by atoms with E-state index in [4.69, 9.17) is 10.8 Å². The molecular formula is C12H23N3O3. The third-order valence-electron chi connectivity index (χ3n) is 3.33. The van der Waals surface area contributed by atoms with Gasteiger partial charge in [0.05, 0.1) is 6.42 Å². The maximum Gasteiger partial charge on any atom is 0.320 e. The molecular weight excluding hydrogens is 234 g/mol. The van der Waals surface area contributed by atoms with Crippen molar-refractivity contribution in [2.45, 2.75) is 32.7 Å². The monoisotopic (exact) mass is 257 g/mol. The van der Waals surface area contributed by atoms with Gasteiger partial charge in [-0.25, -0.2) is 4.79 Å². The Morgan fingerprint density at radius 3 is 2.61 bits per heavy atom. The third kappa shape index (κ3) is 3.87. The van der Waals surface area contributed by atoms with Crippen molar-refractivity contribution in [3.63, 3.8) is 0 Å². The number of carbonyl (C=O) groups is 2. The highest BCUT2D eigenvalue weighted by atomic mass is 16.4. The molecule has 1 saturated heterocycles. The molecule has 0 radical (unpaired) electrons. The summed E-state index contributed by atoms with van der Waals surface area (Å²) in [6, 6.07) is -0.0593. The zero-order valence-corrected chi connectivity index (χ0v) is 11.1. The molecule has 6 heteroatoms. The number of hydrogen-bond donors (Lipinski definition) is 2. The van der Waals surface area contributed by atoms with Gasteiger partial charge < -0.3 is 20.6 Å². The largest absolute Gasteiger partial charge is 0.481 e. The summed E-state index contributed by atoms with van der Waals surface area (Å²) in [5.74, 6) is -0.503. The van der Waals surface area contributed by atoms with E-state index < -0.39 is 5.97 Å². The number of amides is 2. The molecule has 6 nitrogen and oxygen atoms in total. The van der Waals surface area contributed by atoms with Crippen LogP contribution >= 0.6 is 0 Å². The van der Waals surface area contributed by atoms with Gasteiger partial charge in [0.25, 0.3) is 0 Å². The number of carbonyl (C=O) groups excluding carboxylic acids is 1. The average Bonchev–Trinajstić information content (AvgIpc) is 2.76. The highest BCUT2D eigenvalue weighted by molar-refractivity contribution is 5.76. The summed E-state index contributed by atoms with van der Waals surface area (Å²) in [5.41, 5.74) is 5.60. The Morgan fingerprint density at radius 1 is 1.50 bits per heavy atom. The second kappa shape index (κ2) is 6.58. The fourth-order valence-electron chi connectivity index (χ4n) is 2.17. The lowest BCUT2D eigenvalue weighted by molar-refractivity contribution is -0.137. The lowest BCUT2D eigenvalue weighted by atomic mass is 10.1. The molecule has 104 valence electrons. The highest BCUT2D eigenvalue weighted by Gasteiger charge is 2.29. The number of carboxylic acid groups (broad SMARTS) is 1. The van der Waals surface area contributed by atoms with Gasteiger partial charge in [-0.05, 0) is 32.7 Å². The van der Waals surface area contributed by atoms with E-state index in [2.05, 4.69) is 0 Å². The average molecular weight is 257 g/mol. The van der Waals surface area contributed by atoms with Crippen LogP contribution in [0.15, 0.2) is 0 Å². The minimum Gasteiger partial charge on any atom is -0.481 e. The Kier molecular flexibility index (Phi) is 5.40. The summed E-state index contributed by atoms with van der Waals surface area (Å²) < 4.78 is 0. The number of nitrogens with two attached hydrogens (primary N) is 1. The Labute approximate surface area is 108 Å². The van der Waals surface area contributed by atoms with Crippen LogP contribution in [0.25, 0.3) is 0 Å². The lowest BCUT2D eigenvalue weighted by Gasteiger charge is -2.31. The van der Waals surface area contributed by atoms with E-state index in [0.717, 1.165) is 13.0 Å². The van der Waals surface area contributed by atoms with Crippen LogP contribution in [0.1, 0.15) is 26.7 Å². The summed E-state index contributed by atoms with van der Waals surface area (Å²) in [7, 11) is 0. The van der Waals surface area contributed by atoms with Gasteiger partial charge in [0.2, 0.25) is 0 Å². The van der Waals surface area contributed by atoms with Crippen LogP contribution in [0.4, 0.5) is 4.79 Å². The SMILES string of the molecule is CC(C)N(CCC(=O)O)C(=O)N1CCC(CN)C1. The molecule has 1 aliphatic heterocycles. The zero-order chi connectivity index (χ0) is 13.7. The van der Waals surface area contributed by atoms with Gasteiger partial charge in [0.15, 0.2) is 0 Å². The topological polar surface area (TPSA) is 86.9 Å². The minimum atomic E-state index is -0.880. The second-order valence-electron chi connectivity index (χ2n) is 5.05. The smallest absolute Gasteiger partial charge is 0.320 e. The first kappa shape index (κ1) is 14.8. The number of urea groups is 1. The quantitative estimate of drug-likeness (QED) is 0.754. The Balaban J connectivity index is 2.57. The van der Waals surface area contributed by atoms with Crippen LogP contribution in [-0.2, 0) is 4.79 Å². The fraction of sp³-hybridized carbons (Fsp3) is 0.833. The summed E-state index contributed by atoms with van der Waals surface area (Å²) in [5, 5.41) is 8.70. The van der Waals surface area contributed by atoms with Gasteiger partial charge in [-0.1, -0.05) is 0 Å². The molecule has 0 aromatic rings. The molecule has 1 aliphatic rings. The summed E-state index contributed by atoms with van der Waals surface area (Å²) in [6.07, 6.45) is 0.922. The molecule has 0 aromatic heterocycles. The molecule has 0 spiro atoms. The number of carboxylic acids is 1. The molecule has 1 atom stereocenters. The van der Waals surface area contributed by atoms with Gasteiger partial charge >= 0.3 is 12.0 Å². The van der Waals surface area contributed by atoms with Crippen LogP contribution in [-0.4, -0.2) is 59.1 Å². The Morgan fingerprint density at radius 2 is 2.17 bits per heavy atom. The summed E-state index contributed by atoms with van der Waals surface area (Å²) in [4.78, 5) is 26.3. The standard InChI is InChI=1S/C12H23N3O3/c1-9(2)15(6-4-11(16)17)12(18)14-5-3-10(7-13)8-14/h9-10H,3-8,13H2,1-2H3,(H,16,17). The van der Waals surface area contributed by atoms with E-state index in [1.807, 2.05) is 13.8 Å². The van der Waals surface area contributed by atoms with Gasteiger partial charge in [0.1, 0.15) is 0 Å². The van der Waals surface area contributed by atoms with Crippen LogP contribution in [0.5, 0.6) is 0 Å². The van der Waals surface area contributed by atoms with Crippen LogP contribution in [0.2, 0.25) is 0 Å². The Bertz CT molecular complexity index is 307. The predicted molar refractivity (Wildman–Crippen MR) is 68.2 cm³/mol. The molecule has 0 aromatic carbocycles. The number of rotatable bonds is 5. The van der Waals surface area contributed by atoms with Crippen molar-refractivity contribution in [2.24, 2.45) is 11.7 Å². The predicted octanol–water partition coefficient (Wildman–Crippen LogP) is 0.572. The minimum absolute atomic E-state index is 0.00813. The number of likely N-dealkylation sites (tertiary alicyclic amines) is 1. The summed E-state index contributed by atoms with van der Waals surface area (Å²) in [6.45, 7) is 6.06. The third-order valence-corrected chi connectivity index (χ3v) is 3.33. The number of hydrogen-bond acceptors (Lipinski definition) is 3. The van der Waals surface area contributed by atoms with Crippen LogP contribution in [0.3, 0.4) is 0 Å². The van der Waals surface area contributed by atoms with E-state index in [1.165, 1.54) is 0 Å². The van der Waals surface area contributed by atoms with Crippen molar-refractivity contribution in [1.29, 1.82) is 0 Å². The molecule has 1 rings (SSSR count). The molecule has 1 unspecified atom stereocenters. The van der Waals surface area contributed by atoms with E-state index in [9.17, 15) is 9.59 Å². The molecule has 0 bridgehead atoms. The van der Waals surface area contributed by atoms with Gasteiger partial charge in [-0.3, -0.25) is 4.79 Å². The maximum atomic E-state index is 12.3. The van der Waals surface area contributed by atoms with E-state index in [-0.39, 0.29) is 25.0 Å². The number of nitrogens with zero attached hydrogens (tertiary/aromatic N) is 2. The maximum absolute atomic E-state index is 12.3. The molecule has 1 fully saturated rings. The van der Waals surface area contributed by atoms with E-state index in [1.54, 1.807) is 9.80 Å². The highest BCUT2D eigenvalue weighted by Crippen LogP contribution is 2.17. The zero-order valence-electron chi connectivity index (χ0n) is 11.1. The van der Waals surface area contributed by atoms with Crippen molar-refractivity contribution in [2.75, 3.05) is 26.2 Å². The summed E-state index contributed by atoms with van der Waals surface area (Å²) >= 11 is 0. The molecule has 18 heavy (non-hydrogen) atoms. The van der Waals surface area contributed by atoms with Gasteiger partial charge in [-0.2, -0.15) is 0 Å². The van der Waals surface area contributed by atoms with Crippen molar-refractivity contribution in [1.82, 2.24) is 9.80 Å². The first-order chi connectivity index (χ1) is 8.45. The molecule has 2 amide bonds. The van der Waals surface area contributed by atoms with Gasteiger partial charge in [-0.15, -0.1) is 0 Å². The van der Waals surface area contributed by atoms with Crippen molar-refractivity contribution >= 4 is 12.0 Å². The van der Waals surface area contributed by atoms with E-state index in [0.29, 0.717) is 19.0 Å². The first-order valence-electron chi connectivity index (χ1n) is 6.43. The molecule has 3 N–H and O–H groups in total. The second-order valence-corrected chi connectivity index (χ2v) is 5.05. The molecule has 0 aliphatic carbocycles. The Hall–Kier alpha value is -1.30. The molecule has 1 heterocycles. The fourth-order valence-corrected chi connectivity index (χ4v) is 2.17. The van der Waals surface area contributed by atoms with Crippen LogP contribution in [0, 0.1) is 5.92 Å². The normalized spacial score (nSPS) is 19.3. The van der Waals surface area contributed by atoms with Crippen LogP contribution < -0.4 is 5.73 Å². The number of aliphatic carboxylic acids is 1. The van der Waals surface area contributed by atoms with Crippen molar-refractivity contribution in [3.05, 3.63) is 0 Å².